The van der Waals surface area contributed by atoms with Crippen LogP contribution in [0.3, 0.4) is 0 Å². The van der Waals surface area contributed by atoms with E-state index in [0.717, 1.165) is 10.6 Å². The second-order valence-electron chi connectivity index (χ2n) is 2.66. The van der Waals surface area contributed by atoms with Crippen molar-refractivity contribution in [2.45, 2.75) is 13.8 Å². The molecule has 1 rings (SSSR count). The van der Waals surface area contributed by atoms with E-state index in [4.69, 9.17) is 0 Å². The van der Waals surface area contributed by atoms with Crippen molar-refractivity contribution in [2.75, 3.05) is 6.54 Å². The van der Waals surface area contributed by atoms with Crippen LogP contribution in [0.5, 0.6) is 0 Å². The van der Waals surface area contributed by atoms with Gasteiger partial charge < -0.3 is 5.32 Å². The average molecular weight is 196 g/mol. The summed E-state index contributed by atoms with van der Waals surface area (Å²) in [5, 5.41) is 3.20. The van der Waals surface area contributed by atoms with E-state index in [-0.39, 0.29) is 5.91 Å². The summed E-state index contributed by atoms with van der Waals surface area (Å²) in [5.41, 5.74) is 0.925. The molecule has 0 unspecified atom stereocenters. The highest BCUT2D eigenvalue weighted by molar-refractivity contribution is 7.13. The zero-order valence-electron chi connectivity index (χ0n) is 7.76. The van der Waals surface area contributed by atoms with Gasteiger partial charge in [0, 0.05) is 11.4 Å². The lowest BCUT2D eigenvalue weighted by atomic mass is 10.4. The fourth-order valence-electron chi connectivity index (χ4n) is 0.810. The summed E-state index contributed by atoms with van der Waals surface area (Å²) in [6.45, 7) is 7.85. The zero-order valence-corrected chi connectivity index (χ0v) is 8.57. The molecule has 0 radical (unpaired) electrons. The lowest BCUT2D eigenvalue weighted by molar-refractivity contribution is 0.0957. The highest BCUT2D eigenvalue weighted by atomic mass is 32.1. The van der Waals surface area contributed by atoms with Crippen LogP contribution in [0, 0.1) is 13.8 Å². The first-order valence-corrected chi connectivity index (χ1v) is 4.80. The van der Waals surface area contributed by atoms with E-state index in [1.165, 1.54) is 11.3 Å². The third-order valence-electron chi connectivity index (χ3n) is 1.63. The number of carbonyl (C=O) groups is 1. The van der Waals surface area contributed by atoms with Gasteiger partial charge >= 0.3 is 0 Å². The van der Waals surface area contributed by atoms with E-state index in [1.807, 2.05) is 13.8 Å². The Morgan fingerprint density at radius 1 is 1.69 bits per heavy atom. The Balaban J connectivity index is 2.71. The Morgan fingerprint density at radius 3 is 2.85 bits per heavy atom. The molecule has 0 aliphatic heterocycles. The molecule has 1 N–H and O–H groups in total. The summed E-state index contributed by atoms with van der Waals surface area (Å²) in [5.74, 6) is -0.124. The topological polar surface area (TPSA) is 42.0 Å². The fourth-order valence-corrected chi connectivity index (χ4v) is 1.64. The number of hydrogen-bond donors (Lipinski definition) is 1. The smallest absolute Gasteiger partial charge is 0.280 e. The van der Waals surface area contributed by atoms with Crippen LogP contribution in [0.4, 0.5) is 0 Å². The zero-order chi connectivity index (χ0) is 9.84. The van der Waals surface area contributed by atoms with E-state index in [1.54, 1.807) is 6.08 Å². The van der Waals surface area contributed by atoms with Crippen molar-refractivity contribution in [3.63, 3.8) is 0 Å². The number of carbonyl (C=O) groups excluding carboxylic acids is 1. The minimum Gasteiger partial charge on any atom is -0.347 e. The van der Waals surface area contributed by atoms with Gasteiger partial charge in [0.2, 0.25) is 0 Å². The summed E-state index contributed by atoms with van der Waals surface area (Å²) in [4.78, 5) is 16.6. The normalized spacial score (nSPS) is 9.69. The summed E-state index contributed by atoms with van der Waals surface area (Å²) in [7, 11) is 0. The van der Waals surface area contributed by atoms with Gasteiger partial charge in [-0.15, -0.1) is 17.9 Å². The maximum absolute atomic E-state index is 11.4. The highest BCUT2D eigenvalue weighted by Gasteiger charge is 2.10. The molecule has 0 aliphatic carbocycles. The molecule has 0 atom stereocenters. The first-order chi connectivity index (χ1) is 6.15. The first-order valence-electron chi connectivity index (χ1n) is 3.98. The number of nitrogens with zero attached hydrogens (tertiary/aromatic N) is 1. The SMILES string of the molecule is C=CCNC(=O)c1nc(C)c(C)s1. The van der Waals surface area contributed by atoms with Crippen LogP contribution in [0.25, 0.3) is 0 Å². The van der Waals surface area contributed by atoms with Gasteiger partial charge in [0.1, 0.15) is 0 Å². The van der Waals surface area contributed by atoms with Crippen LogP contribution in [-0.4, -0.2) is 17.4 Å². The molecule has 1 heterocycles. The monoisotopic (exact) mass is 196 g/mol. The molecular formula is C9H12N2OS. The highest BCUT2D eigenvalue weighted by Crippen LogP contribution is 2.15. The quantitative estimate of drug-likeness (QED) is 0.747. The number of rotatable bonds is 3. The molecule has 0 aromatic carbocycles. The van der Waals surface area contributed by atoms with E-state index in [9.17, 15) is 4.79 Å². The third kappa shape index (κ3) is 2.39. The molecule has 1 aromatic heterocycles. The lowest BCUT2D eigenvalue weighted by Gasteiger charge is -1.96. The Hall–Kier alpha value is -1.16. The molecule has 70 valence electrons. The minimum atomic E-state index is -0.124. The third-order valence-corrected chi connectivity index (χ3v) is 2.70. The molecule has 3 nitrogen and oxygen atoms in total. The molecule has 0 bridgehead atoms. The molecule has 4 heteroatoms. The maximum atomic E-state index is 11.4. The van der Waals surface area contributed by atoms with E-state index >= 15 is 0 Å². The summed E-state index contributed by atoms with van der Waals surface area (Å²) >= 11 is 1.42. The fraction of sp³-hybridized carbons (Fsp3) is 0.333. The van der Waals surface area contributed by atoms with Crippen molar-refractivity contribution in [2.24, 2.45) is 0 Å². The van der Waals surface area contributed by atoms with Gasteiger partial charge in [0.05, 0.1) is 5.69 Å². The van der Waals surface area contributed by atoms with Gasteiger partial charge in [-0.2, -0.15) is 0 Å². The van der Waals surface area contributed by atoms with Crippen LogP contribution in [0.1, 0.15) is 20.4 Å². The summed E-state index contributed by atoms with van der Waals surface area (Å²) in [6.07, 6.45) is 1.64. The largest absolute Gasteiger partial charge is 0.347 e. The molecular weight excluding hydrogens is 184 g/mol. The van der Waals surface area contributed by atoms with E-state index in [2.05, 4.69) is 16.9 Å². The predicted molar refractivity (Wildman–Crippen MR) is 54.1 cm³/mol. The average Bonchev–Trinajstić information content (AvgIpc) is 2.43. The Labute approximate surface area is 81.5 Å². The van der Waals surface area contributed by atoms with Gasteiger partial charge in [0.15, 0.2) is 5.01 Å². The first kappa shape index (κ1) is 9.92. The summed E-state index contributed by atoms with van der Waals surface area (Å²) < 4.78 is 0. The standard InChI is InChI=1S/C9H12N2OS/c1-4-5-10-8(12)9-11-6(2)7(3)13-9/h4H,1,5H2,2-3H3,(H,10,12). The van der Waals surface area contributed by atoms with Gasteiger partial charge in [-0.1, -0.05) is 6.08 Å². The van der Waals surface area contributed by atoms with Gasteiger partial charge in [-0.25, -0.2) is 4.98 Å². The van der Waals surface area contributed by atoms with Crippen LogP contribution in [0.15, 0.2) is 12.7 Å². The Morgan fingerprint density at radius 2 is 2.38 bits per heavy atom. The maximum Gasteiger partial charge on any atom is 0.280 e. The molecule has 0 fully saturated rings. The summed E-state index contributed by atoms with van der Waals surface area (Å²) in [6, 6.07) is 0. The molecule has 13 heavy (non-hydrogen) atoms. The minimum absolute atomic E-state index is 0.124. The Kier molecular flexibility index (Phi) is 3.19. The predicted octanol–water partition coefficient (Wildman–Crippen LogP) is 1.68. The molecule has 0 spiro atoms. The van der Waals surface area contributed by atoms with Crippen molar-refractivity contribution in [1.82, 2.24) is 10.3 Å². The number of thiazole rings is 1. The second-order valence-corrected chi connectivity index (χ2v) is 3.86. The lowest BCUT2D eigenvalue weighted by Crippen LogP contribution is -2.22. The van der Waals surface area contributed by atoms with Crippen LogP contribution < -0.4 is 5.32 Å². The van der Waals surface area contributed by atoms with E-state index < -0.39 is 0 Å². The number of hydrogen-bond acceptors (Lipinski definition) is 3. The van der Waals surface area contributed by atoms with E-state index in [0.29, 0.717) is 11.6 Å². The van der Waals surface area contributed by atoms with Gasteiger partial charge in [0.25, 0.3) is 5.91 Å². The molecule has 0 saturated heterocycles. The second kappa shape index (κ2) is 4.18. The Bertz CT molecular complexity index is 311. The number of nitrogens with one attached hydrogen (secondary N) is 1. The number of aryl methyl sites for hydroxylation is 2. The van der Waals surface area contributed by atoms with Crippen molar-refractivity contribution >= 4 is 17.2 Å². The van der Waals surface area contributed by atoms with Gasteiger partial charge in [-0.3, -0.25) is 4.79 Å². The van der Waals surface area contributed by atoms with Crippen molar-refractivity contribution in [3.8, 4) is 0 Å². The van der Waals surface area contributed by atoms with Crippen LogP contribution in [-0.2, 0) is 0 Å². The molecule has 1 amide bonds. The van der Waals surface area contributed by atoms with Crippen molar-refractivity contribution in [1.29, 1.82) is 0 Å². The van der Waals surface area contributed by atoms with Crippen LogP contribution >= 0.6 is 11.3 Å². The van der Waals surface area contributed by atoms with Crippen LogP contribution in [0.2, 0.25) is 0 Å². The number of amides is 1. The van der Waals surface area contributed by atoms with Crippen molar-refractivity contribution < 1.29 is 4.79 Å². The molecule has 0 saturated carbocycles. The molecule has 1 aromatic rings. The number of aromatic nitrogens is 1. The molecule has 0 aliphatic rings. The van der Waals surface area contributed by atoms with Gasteiger partial charge in [-0.05, 0) is 13.8 Å². The van der Waals surface area contributed by atoms with Crippen molar-refractivity contribution in [3.05, 3.63) is 28.2 Å².